The lowest BCUT2D eigenvalue weighted by Gasteiger charge is -2.29. The summed E-state index contributed by atoms with van der Waals surface area (Å²) in [5, 5.41) is 2.91. The lowest BCUT2D eigenvalue weighted by Crippen LogP contribution is -2.49. The smallest absolute Gasteiger partial charge is 0.261 e. The van der Waals surface area contributed by atoms with Gasteiger partial charge in [-0.05, 0) is 55.2 Å². The van der Waals surface area contributed by atoms with Gasteiger partial charge in [-0.3, -0.25) is 9.59 Å². The number of carbonyl (C=O) groups is 2. The Labute approximate surface area is 179 Å². The van der Waals surface area contributed by atoms with Crippen molar-refractivity contribution in [2.24, 2.45) is 5.92 Å². The Balaban J connectivity index is 2.13. The molecule has 2 rings (SSSR count). The maximum Gasteiger partial charge on any atom is 0.261 e. The van der Waals surface area contributed by atoms with Gasteiger partial charge in [0, 0.05) is 13.1 Å². The second-order valence-corrected chi connectivity index (χ2v) is 7.79. The molecule has 0 spiro atoms. The van der Waals surface area contributed by atoms with Crippen molar-refractivity contribution in [3.05, 3.63) is 59.7 Å². The second-order valence-electron chi connectivity index (χ2n) is 7.79. The highest BCUT2D eigenvalue weighted by atomic mass is 16.5. The van der Waals surface area contributed by atoms with Gasteiger partial charge in [0.15, 0.2) is 6.61 Å². The molecule has 0 radical (unpaired) electrons. The predicted octanol–water partition coefficient (Wildman–Crippen LogP) is 3.57. The minimum Gasteiger partial charge on any atom is -0.497 e. The molecular formula is C24H32N2O4. The molecule has 0 heterocycles. The number of carbonyl (C=O) groups excluding carboxylic acids is 2. The molecule has 0 aromatic heterocycles. The Hall–Kier alpha value is -3.02. The second kappa shape index (κ2) is 11.2. The molecule has 0 fully saturated rings. The largest absolute Gasteiger partial charge is 0.497 e. The topological polar surface area (TPSA) is 67.9 Å². The van der Waals surface area contributed by atoms with E-state index >= 15 is 0 Å². The van der Waals surface area contributed by atoms with Gasteiger partial charge in [0.2, 0.25) is 5.91 Å². The van der Waals surface area contributed by atoms with Crippen LogP contribution >= 0.6 is 0 Å². The third kappa shape index (κ3) is 7.10. The molecule has 2 amide bonds. The number of methoxy groups -OCH3 is 1. The molecule has 1 N–H and O–H groups in total. The fourth-order valence-electron chi connectivity index (χ4n) is 2.90. The van der Waals surface area contributed by atoms with E-state index in [2.05, 4.69) is 5.32 Å². The van der Waals surface area contributed by atoms with Crippen LogP contribution in [0.25, 0.3) is 0 Å². The van der Waals surface area contributed by atoms with E-state index in [-0.39, 0.29) is 18.4 Å². The van der Waals surface area contributed by atoms with Crippen LogP contribution in [0.4, 0.5) is 0 Å². The first-order valence-corrected chi connectivity index (χ1v) is 10.2. The van der Waals surface area contributed by atoms with E-state index in [1.165, 1.54) is 0 Å². The predicted molar refractivity (Wildman–Crippen MR) is 118 cm³/mol. The number of nitrogens with one attached hydrogen (secondary N) is 1. The average molecular weight is 413 g/mol. The summed E-state index contributed by atoms with van der Waals surface area (Å²) in [5.74, 6) is 1.27. The van der Waals surface area contributed by atoms with Gasteiger partial charge in [0.05, 0.1) is 7.11 Å². The van der Waals surface area contributed by atoms with E-state index in [0.717, 1.165) is 16.9 Å². The number of amides is 2. The van der Waals surface area contributed by atoms with Crippen LogP contribution in [0.2, 0.25) is 0 Å². The number of rotatable bonds is 10. The lowest BCUT2D eigenvalue weighted by molar-refractivity contribution is -0.142. The van der Waals surface area contributed by atoms with E-state index in [0.29, 0.717) is 24.8 Å². The van der Waals surface area contributed by atoms with E-state index in [1.807, 2.05) is 69.3 Å². The number of hydrogen-bond donors (Lipinski definition) is 1. The van der Waals surface area contributed by atoms with Crippen LogP contribution in [0.3, 0.4) is 0 Å². The van der Waals surface area contributed by atoms with Crippen LogP contribution in [-0.2, 0) is 16.1 Å². The molecule has 30 heavy (non-hydrogen) atoms. The Morgan fingerprint density at radius 2 is 1.73 bits per heavy atom. The van der Waals surface area contributed by atoms with Crippen molar-refractivity contribution >= 4 is 11.8 Å². The number of benzene rings is 2. The fraction of sp³-hybridized carbons (Fsp3) is 0.417. The molecular weight excluding hydrogens is 380 g/mol. The molecule has 0 aliphatic heterocycles. The maximum atomic E-state index is 13.0. The van der Waals surface area contributed by atoms with Gasteiger partial charge >= 0.3 is 0 Å². The molecule has 0 aliphatic carbocycles. The van der Waals surface area contributed by atoms with Crippen LogP contribution in [0.15, 0.2) is 48.5 Å². The monoisotopic (exact) mass is 412 g/mol. The van der Waals surface area contributed by atoms with Crippen molar-refractivity contribution in [3.63, 3.8) is 0 Å². The van der Waals surface area contributed by atoms with Gasteiger partial charge in [-0.25, -0.2) is 0 Å². The zero-order valence-corrected chi connectivity index (χ0v) is 18.5. The summed E-state index contributed by atoms with van der Waals surface area (Å²) >= 11 is 0. The molecule has 2 aromatic rings. The molecule has 6 nitrogen and oxygen atoms in total. The van der Waals surface area contributed by atoms with Crippen LogP contribution < -0.4 is 14.8 Å². The van der Waals surface area contributed by atoms with Crippen molar-refractivity contribution in [1.82, 2.24) is 10.2 Å². The molecule has 0 bridgehead atoms. The first-order chi connectivity index (χ1) is 14.3. The summed E-state index contributed by atoms with van der Waals surface area (Å²) in [7, 11) is 1.61. The van der Waals surface area contributed by atoms with Gasteiger partial charge in [0.1, 0.15) is 17.5 Å². The van der Waals surface area contributed by atoms with Gasteiger partial charge in [-0.1, -0.05) is 38.1 Å². The molecule has 2 aromatic carbocycles. The van der Waals surface area contributed by atoms with Crippen molar-refractivity contribution in [2.45, 2.75) is 40.3 Å². The highest BCUT2D eigenvalue weighted by Gasteiger charge is 2.26. The van der Waals surface area contributed by atoms with Crippen molar-refractivity contribution < 1.29 is 19.1 Å². The van der Waals surface area contributed by atoms with Crippen molar-refractivity contribution in [1.29, 1.82) is 0 Å². The molecule has 0 aliphatic rings. The normalized spacial score (nSPS) is 11.7. The van der Waals surface area contributed by atoms with E-state index in [1.54, 1.807) is 18.9 Å². The molecule has 162 valence electrons. The average Bonchev–Trinajstić information content (AvgIpc) is 2.74. The molecule has 1 atom stereocenters. The number of ether oxygens (including phenoxy) is 2. The lowest BCUT2D eigenvalue weighted by atomic mass is 10.1. The third-order valence-corrected chi connectivity index (χ3v) is 4.72. The van der Waals surface area contributed by atoms with Gasteiger partial charge in [-0.15, -0.1) is 0 Å². The summed E-state index contributed by atoms with van der Waals surface area (Å²) < 4.78 is 10.9. The van der Waals surface area contributed by atoms with Gasteiger partial charge < -0.3 is 19.7 Å². The van der Waals surface area contributed by atoms with E-state index in [9.17, 15) is 9.59 Å². The SMILES string of the molecule is COc1ccc(CN(C(=O)COc2cccc(C)c2)[C@H](C)C(=O)NCC(C)C)cc1. The number of nitrogens with zero attached hydrogens (tertiary/aromatic N) is 1. The summed E-state index contributed by atoms with van der Waals surface area (Å²) in [4.78, 5) is 27.2. The van der Waals surface area contributed by atoms with Crippen LogP contribution in [0.1, 0.15) is 31.9 Å². The Morgan fingerprint density at radius 3 is 2.33 bits per heavy atom. The Kier molecular flexibility index (Phi) is 8.71. The summed E-state index contributed by atoms with van der Waals surface area (Å²) in [6.45, 7) is 8.49. The number of aryl methyl sites for hydroxylation is 1. The first-order valence-electron chi connectivity index (χ1n) is 10.2. The zero-order valence-electron chi connectivity index (χ0n) is 18.5. The minimum atomic E-state index is -0.625. The maximum absolute atomic E-state index is 13.0. The number of hydrogen-bond acceptors (Lipinski definition) is 4. The third-order valence-electron chi connectivity index (χ3n) is 4.72. The summed E-state index contributed by atoms with van der Waals surface area (Å²) in [6, 6.07) is 14.4. The van der Waals surface area contributed by atoms with Gasteiger partial charge in [-0.2, -0.15) is 0 Å². The fourth-order valence-corrected chi connectivity index (χ4v) is 2.90. The van der Waals surface area contributed by atoms with Gasteiger partial charge in [0.25, 0.3) is 5.91 Å². The zero-order chi connectivity index (χ0) is 22.1. The summed E-state index contributed by atoms with van der Waals surface area (Å²) in [6.07, 6.45) is 0. The van der Waals surface area contributed by atoms with Crippen LogP contribution in [0.5, 0.6) is 11.5 Å². The van der Waals surface area contributed by atoms with E-state index < -0.39 is 6.04 Å². The molecule has 6 heteroatoms. The quantitative estimate of drug-likeness (QED) is 0.648. The highest BCUT2D eigenvalue weighted by Crippen LogP contribution is 2.16. The minimum absolute atomic E-state index is 0.137. The van der Waals surface area contributed by atoms with Crippen LogP contribution in [-0.4, -0.2) is 43.0 Å². The molecule has 0 saturated heterocycles. The highest BCUT2D eigenvalue weighted by molar-refractivity contribution is 5.87. The Bertz CT molecular complexity index is 833. The summed E-state index contributed by atoms with van der Waals surface area (Å²) in [5.41, 5.74) is 1.96. The Morgan fingerprint density at radius 1 is 1.03 bits per heavy atom. The standard InChI is InChI=1S/C24H32N2O4/c1-17(2)14-25-24(28)19(4)26(15-20-9-11-21(29-5)12-10-20)23(27)16-30-22-8-6-7-18(3)13-22/h6-13,17,19H,14-16H2,1-5H3,(H,25,28)/t19-/m1/s1. The van der Waals surface area contributed by atoms with E-state index in [4.69, 9.17) is 9.47 Å². The first kappa shape index (κ1) is 23.3. The van der Waals surface area contributed by atoms with Crippen LogP contribution in [0, 0.1) is 12.8 Å². The molecule has 0 unspecified atom stereocenters. The van der Waals surface area contributed by atoms with Crippen molar-refractivity contribution in [3.8, 4) is 11.5 Å². The van der Waals surface area contributed by atoms with Crippen molar-refractivity contribution in [2.75, 3.05) is 20.3 Å². The molecule has 0 saturated carbocycles.